The van der Waals surface area contributed by atoms with E-state index in [1.807, 2.05) is 11.4 Å². The number of nitriles is 1. The highest BCUT2D eigenvalue weighted by Gasteiger charge is 2.31. The van der Waals surface area contributed by atoms with Gasteiger partial charge in [-0.3, -0.25) is 0 Å². The Kier molecular flexibility index (Phi) is 1.87. The zero-order valence-corrected chi connectivity index (χ0v) is 7.47. The van der Waals surface area contributed by atoms with Gasteiger partial charge >= 0.3 is 0 Å². The Labute approximate surface area is 75.6 Å². The topological polar surface area (TPSA) is 49.8 Å². The van der Waals surface area contributed by atoms with Gasteiger partial charge in [0.05, 0.1) is 0 Å². The largest absolute Gasteiger partial charge is 0.324 e. The molecule has 1 saturated carbocycles. The van der Waals surface area contributed by atoms with Crippen LogP contribution in [0.15, 0.2) is 11.4 Å². The smallest absolute Gasteiger partial charge is 0.110 e. The van der Waals surface area contributed by atoms with Gasteiger partial charge in [0.1, 0.15) is 10.9 Å². The molecule has 1 aliphatic rings. The zero-order chi connectivity index (χ0) is 8.55. The molecule has 1 heterocycles. The highest BCUT2D eigenvalue weighted by atomic mass is 32.1. The summed E-state index contributed by atoms with van der Waals surface area (Å²) in [6, 6.07) is 4.26. The lowest BCUT2D eigenvalue weighted by molar-refractivity contribution is 0.634. The van der Waals surface area contributed by atoms with E-state index in [0.717, 1.165) is 10.4 Å². The average molecular weight is 178 g/mol. The van der Waals surface area contributed by atoms with E-state index in [1.54, 1.807) is 0 Å². The second-order valence-electron chi connectivity index (χ2n) is 3.18. The monoisotopic (exact) mass is 178 g/mol. The predicted molar refractivity (Wildman–Crippen MR) is 48.7 cm³/mol. The molecular formula is C9H10N2S. The average Bonchev–Trinajstić information content (AvgIpc) is 2.82. The Balaban J connectivity index is 2.26. The van der Waals surface area contributed by atoms with Gasteiger partial charge in [-0.1, -0.05) is 0 Å². The normalized spacial score (nSPS) is 18.7. The molecule has 2 rings (SSSR count). The van der Waals surface area contributed by atoms with Crippen LogP contribution in [0.25, 0.3) is 0 Å². The van der Waals surface area contributed by atoms with E-state index in [2.05, 4.69) is 6.07 Å². The fourth-order valence-electron chi connectivity index (χ4n) is 1.38. The second kappa shape index (κ2) is 2.89. The Morgan fingerprint density at radius 2 is 2.42 bits per heavy atom. The van der Waals surface area contributed by atoms with Crippen molar-refractivity contribution >= 4 is 11.3 Å². The lowest BCUT2D eigenvalue weighted by Crippen LogP contribution is -2.12. The molecular weight excluding hydrogens is 168 g/mol. The summed E-state index contributed by atoms with van der Waals surface area (Å²) in [5.74, 6) is 0.631. The number of hydrogen-bond donors (Lipinski definition) is 1. The molecule has 3 heteroatoms. The number of nitrogens with two attached hydrogens (primary N) is 1. The molecule has 0 saturated heterocycles. The summed E-state index contributed by atoms with van der Waals surface area (Å²) in [7, 11) is 0. The van der Waals surface area contributed by atoms with E-state index in [-0.39, 0.29) is 6.04 Å². The zero-order valence-electron chi connectivity index (χ0n) is 6.66. The predicted octanol–water partition coefficient (Wildman–Crippen LogP) is 2.03. The molecule has 2 N–H and O–H groups in total. The molecule has 1 aromatic rings. The molecule has 62 valence electrons. The minimum absolute atomic E-state index is 0.103. The third kappa shape index (κ3) is 1.24. The maximum Gasteiger partial charge on any atom is 0.110 e. The molecule has 1 aliphatic carbocycles. The molecule has 0 amide bonds. The van der Waals surface area contributed by atoms with Gasteiger partial charge in [-0.25, -0.2) is 0 Å². The van der Waals surface area contributed by atoms with Crippen molar-refractivity contribution < 1.29 is 0 Å². The van der Waals surface area contributed by atoms with Crippen molar-refractivity contribution in [1.82, 2.24) is 0 Å². The minimum Gasteiger partial charge on any atom is -0.324 e. The van der Waals surface area contributed by atoms with Crippen molar-refractivity contribution in [3.63, 3.8) is 0 Å². The SMILES string of the molecule is N#Cc1sccc1C(N)C1CC1. The summed E-state index contributed by atoms with van der Waals surface area (Å²) in [4.78, 5) is 0.786. The van der Waals surface area contributed by atoms with Crippen molar-refractivity contribution in [2.24, 2.45) is 11.7 Å². The molecule has 0 spiro atoms. The van der Waals surface area contributed by atoms with Crippen LogP contribution in [0.1, 0.15) is 29.3 Å². The van der Waals surface area contributed by atoms with Gasteiger partial charge < -0.3 is 5.73 Å². The van der Waals surface area contributed by atoms with Crippen LogP contribution >= 0.6 is 11.3 Å². The van der Waals surface area contributed by atoms with Crippen molar-refractivity contribution in [2.75, 3.05) is 0 Å². The number of nitrogens with zero attached hydrogens (tertiary/aromatic N) is 1. The summed E-state index contributed by atoms with van der Waals surface area (Å²) < 4.78 is 0. The lowest BCUT2D eigenvalue weighted by Gasteiger charge is -2.07. The van der Waals surface area contributed by atoms with Crippen LogP contribution in [-0.2, 0) is 0 Å². The number of hydrogen-bond acceptors (Lipinski definition) is 3. The number of rotatable bonds is 2. The van der Waals surface area contributed by atoms with E-state index < -0.39 is 0 Å². The molecule has 1 aromatic heterocycles. The first-order valence-electron chi connectivity index (χ1n) is 4.06. The van der Waals surface area contributed by atoms with Gasteiger partial charge in [-0.15, -0.1) is 11.3 Å². The summed E-state index contributed by atoms with van der Waals surface area (Å²) in [5, 5.41) is 10.7. The van der Waals surface area contributed by atoms with Crippen molar-refractivity contribution in [2.45, 2.75) is 18.9 Å². The molecule has 1 atom stereocenters. The highest BCUT2D eigenvalue weighted by molar-refractivity contribution is 7.10. The second-order valence-corrected chi connectivity index (χ2v) is 4.10. The first kappa shape index (κ1) is 7.78. The summed E-state index contributed by atoms with van der Waals surface area (Å²) >= 11 is 1.48. The number of thiophene rings is 1. The van der Waals surface area contributed by atoms with Crippen molar-refractivity contribution in [3.8, 4) is 6.07 Å². The minimum atomic E-state index is 0.103. The lowest BCUT2D eigenvalue weighted by atomic mass is 10.1. The van der Waals surface area contributed by atoms with E-state index >= 15 is 0 Å². The fraction of sp³-hybridized carbons (Fsp3) is 0.444. The van der Waals surface area contributed by atoms with E-state index in [0.29, 0.717) is 5.92 Å². The molecule has 1 unspecified atom stereocenters. The molecule has 0 aliphatic heterocycles. The molecule has 0 bridgehead atoms. The molecule has 2 nitrogen and oxygen atoms in total. The Morgan fingerprint density at radius 1 is 1.67 bits per heavy atom. The summed E-state index contributed by atoms with van der Waals surface area (Å²) in [5.41, 5.74) is 7.02. The van der Waals surface area contributed by atoms with Gasteiger partial charge in [0, 0.05) is 6.04 Å². The molecule has 1 fully saturated rings. The van der Waals surface area contributed by atoms with Crippen LogP contribution in [0.3, 0.4) is 0 Å². The molecule has 12 heavy (non-hydrogen) atoms. The van der Waals surface area contributed by atoms with Crippen LogP contribution in [0.2, 0.25) is 0 Å². The van der Waals surface area contributed by atoms with Gasteiger partial charge in [-0.05, 0) is 35.8 Å². The van der Waals surface area contributed by atoms with Gasteiger partial charge in [0.25, 0.3) is 0 Å². The van der Waals surface area contributed by atoms with E-state index in [1.165, 1.54) is 24.2 Å². The first-order chi connectivity index (χ1) is 5.83. The third-order valence-corrected chi connectivity index (χ3v) is 3.12. The Morgan fingerprint density at radius 3 is 3.00 bits per heavy atom. The molecule has 0 radical (unpaired) electrons. The molecule has 0 aromatic carbocycles. The van der Waals surface area contributed by atoms with Crippen LogP contribution in [0.4, 0.5) is 0 Å². The highest BCUT2D eigenvalue weighted by Crippen LogP contribution is 2.41. The maximum atomic E-state index is 8.76. The standard InChI is InChI=1S/C9H10N2S/c10-5-8-7(3-4-12-8)9(11)6-1-2-6/h3-4,6,9H,1-2,11H2. The van der Waals surface area contributed by atoms with Crippen molar-refractivity contribution in [3.05, 3.63) is 21.9 Å². The quantitative estimate of drug-likeness (QED) is 0.753. The van der Waals surface area contributed by atoms with E-state index in [9.17, 15) is 0 Å². The van der Waals surface area contributed by atoms with Gasteiger partial charge in [0.15, 0.2) is 0 Å². The summed E-state index contributed by atoms with van der Waals surface area (Å²) in [6.45, 7) is 0. The maximum absolute atomic E-state index is 8.76. The van der Waals surface area contributed by atoms with Gasteiger partial charge in [0.2, 0.25) is 0 Å². The van der Waals surface area contributed by atoms with Crippen LogP contribution < -0.4 is 5.73 Å². The Hall–Kier alpha value is -0.850. The van der Waals surface area contributed by atoms with Crippen LogP contribution in [0.5, 0.6) is 0 Å². The summed E-state index contributed by atoms with van der Waals surface area (Å²) in [6.07, 6.45) is 2.45. The van der Waals surface area contributed by atoms with Crippen LogP contribution in [0, 0.1) is 17.2 Å². The Bertz CT molecular complexity index is 320. The van der Waals surface area contributed by atoms with E-state index in [4.69, 9.17) is 11.0 Å². The fourth-order valence-corrected chi connectivity index (χ4v) is 2.13. The van der Waals surface area contributed by atoms with Gasteiger partial charge in [-0.2, -0.15) is 5.26 Å². The van der Waals surface area contributed by atoms with Crippen LogP contribution in [-0.4, -0.2) is 0 Å². The first-order valence-corrected chi connectivity index (χ1v) is 4.94. The van der Waals surface area contributed by atoms with Crippen molar-refractivity contribution in [1.29, 1.82) is 5.26 Å². The third-order valence-electron chi connectivity index (χ3n) is 2.29.